The number of benzene rings is 1. The van der Waals surface area contributed by atoms with Crippen LogP contribution in [0.3, 0.4) is 0 Å². The van der Waals surface area contributed by atoms with E-state index in [0.717, 1.165) is 23.1 Å². The monoisotopic (exact) mass is 272 g/mol. The number of aliphatic hydroxyl groups excluding tert-OH is 1. The van der Waals surface area contributed by atoms with E-state index >= 15 is 0 Å². The number of hydrogen-bond donors (Lipinski definition) is 1. The van der Waals surface area contributed by atoms with Gasteiger partial charge in [0.2, 0.25) is 0 Å². The van der Waals surface area contributed by atoms with Crippen molar-refractivity contribution in [1.82, 2.24) is 9.78 Å². The Bertz CT molecular complexity index is 686. The maximum absolute atomic E-state index is 10.4. The minimum atomic E-state index is -0.467. The summed E-state index contributed by atoms with van der Waals surface area (Å²) in [5.74, 6) is 0. The smallest absolute Gasteiger partial charge is 0.0845 e. The first-order valence-corrected chi connectivity index (χ1v) is 7.31. The fourth-order valence-electron chi connectivity index (χ4n) is 2.27. The van der Waals surface area contributed by atoms with Crippen LogP contribution in [0.4, 0.5) is 0 Å². The zero-order chi connectivity index (χ0) is 13.2. The molecule has 2 aromatic heterocycles. The Balaban J connectivity index is 1.85. The first-order valence-electron chi connectivity index (χ1n) is 6.43. The predicted octanol–water partition coefficient (Wildman–Crippen LogP) is 3.39. The van der Waals surface area contributed by atoms with E-state index in [4.69, 9.17) is 0 Å². The van der Waals surface area contributed by atoms with Crippen molar-refractivity contribution in [3.63, 3.8) is 0 Å². The van der Waals surface area contributed by atoms with E-state index in [0.29, 0.717) is 6.42 Å². The van der Waals surface area contributed by atoms with E-state index in [-0.39, 0.29) is 0 Å². The van der Waals surface area contributed by atoms with Gasteiger partial charge < -0.3 is 5.11 Å². The van der Waals surface area contributed by atoms with Gasteiger partial charge in [0.25, 0.3) is 0 Å². The highest BCUT2D eigenvalue weighted by Gasteiger charge is 2.14. The van der Waals surface area contributed by atoms with E-state index in [1.54, 1.807) is 11.3 Å². The van der Waals surface area contributed by atoms with Crippen LogP contribution in [0.2, 0.25) is 0 Å². The predicted molar refractivity (Wildman–Crippen MR) is 78.4 cm³/mol. The van der Waals surface area contributed by atoms with Gasteiger partial charge in [0.1, 0.15) is 0 Å². The Morgan fingerprint density at radius 2 is 2.21 bits per heavy atom. The van der Waals surface area contributed by atoms with Crippen molar-refractivity contribution in [2.45, 2.75) is 26.0 Å². The molecular weight excluding hydrogens is 256 g/mol. The normalized spacial score (nSPS) is 12.9. The molecule has 0 aliphatic heterocycles. The Kier molecular flexibility index (Phi) is 3.36. The van der Waals surface area contributed by atoms with Crippen LogP contribution in [0.5, 0.6) is 0 Å². The number of aryl methyl sites for hydroxylation is 1. The van der Waals surface area contributed by atoms with E-state index in [1.165, 1.54) is 4.70 Å². The van der Waals surface area contributed by atoms with Crippen LogP contribution in [0.25, 0.3) is 10.1 Å². The molecule has 4 heteroatoms. The van der Waals surface area contributed by atoms with Gasteiger partial charge in [-0.05, 0) is 34.9 Å². The molecule has 0 radical (unpaired) electrons. The third kappa shape index (κ3) is 2.41. The highest BCUT2D eigenvalue weighted by atomic mass is 32.1. The van der Waals surface area contributed by atoms with Gasteiger partial charge >= 0.3 is 0 Å². The quantitative estimate of drug-likeness (QED) is 0.790. The van der Waals surface area contributed by atoms with Crippen molar-refractivity contribution >= 4 is 21.4 Å². The van der Waals surface area contributed by atoms with Crippen molar-refractivity contribution < 1.29 is 5.11 Å². The van der Waals surface area contributed by atoms with E-state index in [9.17, 15) is 5.11 Å². The molecule has 0 saturated carbocycles. The first kappa shape index (κ1) is 12.4. The summed E-state index contributed by atoms with van der Waals surface area (Å²) in [5, 5.41) is 17.9. The van der Waals surface area contributed by atoms with Crippen molar-refractivity contribution in [3.05, 3.63) is 53.2 Å². The summed E-state index contributed by atoms with van der Waals surface area (Å²) in [6, 6.07) is 8.20. The van der Waals surface area contributed by atoms with Gasteiger partial charge in [-0.1, -0.05) is 18.2 Å². The maximum Gasteiger partial charge on any atom is 0.0845 e. The molecule has 3 aromatic rings. The molecule has 2 heterocycles. The molecule has 98 valence electrons. The molecule has 0 aliphatic rings. The number of thiophene rings is 1. The summed E-state index contributed by atoms with van der Waals surface area (Å²) in [6.07, 6.45) is 3.98. The lowest BCUT2D eigenvalue weighted by Crippen LogP contribution is -2.00. The number of nitrogens with zero attached hydrogens (tertiary/aromatic N) is 2. The highest BCUT2D eigenvalue weighted by Crippen LogP contribution is 2.31. The Hall–Kier alpha value is -1.65. The van der Waals surface area contributed by atoms with Crippen molar-refractivity contribution in [2.75, 3.05) is 0 Å². The van der Waals surface area contributed by atoms with Crippen molar-refractivity contribution in [3.8, 4) is 0 Å². The summed E-state index contributed by atoms with van der Waals surface area (Å²) in [5.41, 5.74) is 2.09. The summed E-state index contributed by atoms with van der Waals surface area (Å²) in [7, 11) is 0. The zero-order valence-electron chi connectivity index (χ0n) is 10.8. The van der Waals surface area contributed by atoms with E-state index < -0.39 is 6.10 Å². The Morgan fingerprint density at radius 3 is 3.00 bits per heavy atom. The van der Waals surface area contributed by atoms with Crippen LogP contribution in [-0.4, -0.2) is 14.9 Å². The number of aromatic nitrogens is 2. The van der Waals surface area contributed by atoms with E-state index in [1.807, 2.05) is 29.2 Å². The van der Waals surface area contributed by atoms with Crippen LogP contribution >= 0.6 is 11.3 Å². The second-order valence-corrected chi connectivity index (χ2v) is 5.52. The van der Waals surface area contributed by atoms with Gasteiger partial charge in [-0.25, -0.2) is 0 Å². The lowest BCUT2D eigenvalue weighted by molar-refractivity contribution is 0.180. The number of aliphatic hydroxyl groups is 1. The molecule has 1 unspecified atom stereocenters. The molecule has 0 fully saturated rings. The fourth-order valence-corrected chi connectivity index (χ4v) is 3.28. The molecule has 3 rings (SSSR count). The molecule has 1 atom stereocenters. The van der Waals surface area contributed by atoms with Crippen LogP contribution in [0.15, 0.2) is 42.0 Å². The maximum atomic E-state index is 10.4. The minimum absolute atomic E-state index is 0.467. The largest absolute Gasteiger partial charge is 0.388 e. The zero-order valence-corrected chi connectivity index (χ0v) is 11.6. The highest BCUT2D eigenvalue weighted by molar-refractivity contribution is 7.17. The van der Waals surface area contributed by atoms with Gasteiger partial charge in [-0.2, -0.15) is 5.10 Å². The lowest BCUT2D eigenvalue weighted by Gasteiger charge is -2.08. The molecule has 0 spiro atoms. The minimum Gasteiger partial charge on any atom is -0.388 e. The first-order chi connectivity index (χ1) is 9.28. The number of fused-ring (bicyclic) bond motifs is 1. The standard InChI is InChI=1S/C15H16N2OS/c1-2-17-9-11(8-16-17)7-14(18)13-10-19-15-6-4-3-5-12(13)15/h3-6,8-10,14,18H,2,7H2,1H3. The second kappa shape index (κ2) is 5.15. The Labute approximate surface area is 116 Å². The molecule has 1 N–H and O–H groups in total. The number of rotatable bonds is 4. The average molecular weight is 272 g/mol. The van der Waals surface area contributed by atoms with Crippen LogP contribution in [0, 0.1) is 0 Å². The lowest BCUT2D eigenvalue weighted by atomic mass is 10.0. The topological polar surface area (TPSA) is 38.0 Å². The molecule has 3 nitrogen and oxygen atoms in total. The van der Waals surface area contributed by atoms with Gasteiger partial charge in [0.05, 0.1) is 12.3 Å². The molecular formula is C15H16N2OS. The van der Waals surface area contributed by atoms with E-state index in [2.05, 4.69) is 29.5 Å². The summed E-state index contributed by atoms with van der Waals surface area (Å²) >= 11 is 1.68. The molecule has 0 bridgehead atoms. The van der Waals surface area contributed by atoms with Gasteiger partial charge in [0, 0.05) is 23.9 Å². The SMILES string of the molecule is CCn1cc(CC(O)c2csc3ccccc23)cn1. The van der Waals surface area contributed by atoms with Crippen LogP contribution in [0.1, 0.15) is 24.2 Å². The fraction of sp³-hybridized carbons (Fsp3) is 0.267. The van der Waals surface area contributed by atoms with Crippen LogP contribution < -0.4 is 0 Å². The van der Waals surface area contributed by atoms with Gasteiger partial charge in [0.15, 0.2) is 0 Å². The molecule has 19 heavy (non-hydrogen) atoms. The third-order valence-electron chi connectivity index (χ3n) is 3.31. The summed E-state index contributed by atoms with van der Waals surface area (Å²) in [4.78, 5) is 0. The van der Waals surface area contributed by atoms with Crippen molar-refractivity contribution in [1.29, 1.82) is 0 Å². The molecule has 0 saturated heterocycles. The third-order valence-corrected chi connectivity index (χ3v) is 4.29. The van der Waals surface area contributed by atoms with Crippen molar-refractivity contribution in [2.24, 2.45) is 0 Å². The average Bonchev–Trinajstić information content (AvgIpc) is 3.04. The molecule has 1 aromatic carbocycles. The number of hydrogen-bond acceptors (Lipinski definition) is 3. The summed E-state index contributed by atoms with van der Waals surface area (Å²) in [6.45, 7) is 2.91. The Morgan fingerprint density at radius 1 is 1.37 bits per heavy atom. The summed E-state index contributed by atoms with van der Waals surface area (Å²) < 4.78 is 3.11. The second-order valence-electron chi connectivity index (χ2n) is 4.61. The van der Waals surface area contributed by atoms with Gasteiger partial charge in [-0.15, -0.1) is 11.3 Å². The molecule has 0 amide bonds. The van der Waals surface area contributed by atoms with Gasteiger partial charge in [-0.3, -0.25) is 4.68 Å². The van der Waals surface area contributed by atoms with Crippen LogP contribution in [-0.2, 0) is 13.0 Å². The molecule has 0 aliphatic carbocycles.